The van der Waals surface area contributed by atoms with E-state index in [0.29, 0.717) is 0 Å². The number of nitrogens with two attached hydrogens (primary N) is 1. The molecular weight excluding hydrogens is 220 g/mol. The zero-order chi connectivity index (χ0) is 11.0. The van der Waals surface area contributed by atoms with Crippen LogP contribution >= 0.6 is 11.3 Å². The van der Waals surface area contributed by atoms with Gasteiger partial charge in [0, 0.05) is 11.1 Å². The smallest absolute Gasteiger partial charge is 0.0962 e. The zero-order valence-corrected chi connectivity index (χ0v) is 9.31. The number of aromatic nitrogens is 3. The summed E-state index contributed by atoms with van der Waals surface area (Å²) in [4.78, 5) is 8.58. The van der Waals surface area contributed by atoms with Gasteiger partial charge in [0.05, 0.1) is 35.1 Å². The van der Waals surface area contributed by atoms with E-state index < -0.39 is 0 Å². The number of nitrogen functional groups attached to an aromatic ring is 1. The van der Waals surface area contributed by atoms with Gasteiger partial charge in [-0.15, -0.1) is 11.3 Å². The second-order valence-electron chi connectivity index (χ2n) is 3.60. The third kappa shape index (κ3) is 1.55. The molecule has 5 heteroatoms. The molecule has 2 N–H and O–H groups in total. The number of fused-ring (bicyclic) bond motifs is 1. The van der Waals surface area contributed by atoms with Crippen molar-refractivity contribution in [3.8, 4) is 0 Å². The lowest BCUT2D eigenvalue weighted by Gasteiger charge is -2.01. The van der Waals surface area contributed by atoms with E-state index in [4.69, 9.17) is 5.73 Å². The minimum atomic E-state index is 0.742. The van der Waals surface area contributed by atoms with Crippen LogP contribution in [0.2, 0.25) is 0 Å². The molecule has 0 unspecified atom stereocenters. The Kier molecular flexibility index (Phi) is 2.11. The van der Waals surface area contributed by atoms with E-state index in [-0.39, 0.29) is 0 Å². The molecule has 0 aliphatic heterocycles. The molecule has 0 radical (unpaired) electrons. The summed E-state index contributed by atoms with van der Waals surface area (Å²) >= 11 is 1.60. The van der Waals surface area contributed by atoms with Crippen molar-refractivity contribution in [2.45, 2.75) is 6.54 Å². The second kappa shape index (κ2) is 3.61. The van der Waals surface area contributed by atoms with Crippen LogP contribution in [0, 0.1) is 0 Å². The van der Waals surface area contributed by atoms with Gasteiger partial charge in [-0.3, -0.25) is 0 Å². The average molecular weight is 230 g/mol. The highest BCUT2D eigenvalue weighted by Crippen LogP contribution is 2.17. The highest BCUT2D eigenvalue weighted by Gasteiger charge is 2.04. The van der Waals surface area contributed by atoms with Gasteiger partial charge in [-0.25, -0.2) is 9.97 Å². The van der Waals surface area contributed by atoms with Gasteiger partial charge in [0.2, 0.25) is 0 Å². The Morgan fingerprint density at radius 2 is 2.25 bits per heavy atom. The molecule has 3 aromatic rings. The van der Waals surface area contributed by atoms with Crippen LogP contribution in [-0.4, -0.2) is 14.5 Å². The van der Waals surface area contributed by atoms with E-state index in [2.05, 4.69) is 14.5 Å². The van der Waals surface area contributed by atoms with Crippen LogP contribution in [0.1, 0.15) is 5.69 Å². The first-order valence-corrected chi connectivity index (χ1v) is 5.84. The third-order valence-electron chi connectivity index (χ3n) is 2.46. The van der Waals surface area contributed by atoms with Gasteiger partial charge < -0.3 is 10.3 Å². The van der Waals surface area contributed by atoms with Crippen LogP contribution in [-0.2, 0) is 6.54 Å². The van der Waals surface area contributed by atoms with E-state index >= 15 is 0 Å². The van der Waals surface area contributed by atoms with E-state index in [1.54, 1.807) is 11.3 Å². The molecule has 0 spiro atoms. The number of rotatable bonds is 2. The highest BCUT2D eigenvalue weighted by molar-refractivity contribution is 7.07. The fourth-order valence-electron chi connectivity index (χ4n) is 1.70. The van der Waals surface area contributed by atoms with Crippen molar-refractivity contribution in [1.29, 1.82) is 0 Å². The summed E-state index contributed by atoms with van der Waals surface area (Å²) in [5, 5.41) is 2.04. The van der Waals surface area contributed by atoms with Crippen molar-refractivity contribution in [3.63, 3.8) is 0 Å². The fourth-order valence-corrected chi connectivity index (χ4v) is 2.25. The number of thiazole rings is 1. The van der Waals surface area contributed by atoms with E-state index in [9.17, 15) is 0 Å². The molecular formula is C11H10N4S. The Hall–Kier alpha value is -1.88. The predicted octanol–water partition coefficient (Wildman–Crippen LogP) is 2.12. The lowest BCUT2D eigenvalue weighted by molar-refractivity contribution is 0.804. The highest BCUT2D eigenvalue weighted by atomic mass is 32.1. The van der Waals surface area contributed by atoms with Crippen molar-refractivity contribution < 1.29 is 0 Å². The molecule has 1 aromatic carbocycles. The van der Waals surface area contributed by atoms with Crippen molar-refractivity contribution in [2.24, 2.45) is 0 Å². The Morgan fingerprint density at radius 1 is 1.31 bits per heavy atom. The maximum atomic E-state index is 5.71. The van der Waals surface area contributed by atoms with Crippen LogP contribution in [0.4, 0.5) is 5.69 Å². The zero-order valence-electron chi connectivity index (χ0n) is 8.50. The Balaban J connectivity index is 2.04. The number of benzene rings is 1. The molecule has 0 bridgehead atoms. The largest absolute Gasteiger partial charge is 0.399 e. The van der Waals surface area contributed by atoms with Gasteiger partial charge in [-0.1, -0.05) is 0 Å². The van der Waals surface area contributed by atoms with E-state index in [1.165, 1.54) is 0 Å². The Labute approximate surface area is 96.4 Å². The molecule has 0 aliphatic carbocycles. The number of imidazole rings is 1. The van der Waals surface area contributed by atoms with Gasteiger partial charge in [0.1, 0.15) is 0 Å². The molecule has 80 valence electrons. The van der Waals surface area contributed by atoms with Gasteiger partial charge >= 0.3 is 0 Å². The Morgan fingerprint density at radius 3 is 3.06 bits per heavy atom. The molecule has 0 aliphatic rings. The summed E-state index contributed by atoms with van der Waals surface area (Å²) < 4.78 is 2.07. The third-order valence-corrected chi connectivity index (χ3v) is 3.10. The predicted molar refractivity (Wildman–Crippen MR) is 65.4 cm³/mol. The molecule has 0 atom stereocenters. The van der Waals surface area contributed by atoms with Gasteiger partial charge in [0.15, 0.2) is 0 Å². The molecule has 2 heterocycles. The maximum Gasteiger partial charge on any atom is 0.0962 e. The van der Waals surface area contributed by atoms with Crippen molar-refractivity contribution in [3.05, 3.63) is 41.1 Å². The summed E-state index contributed by atoms with van der Waals surface area (Å²) in [5.74, 6) is 0. The van der Waals surface area contributed by atoms with Crippen molar-refractivity contribution >= 4 is 28.1 Å². The first-order valence-electron chi connectivity index (χ1n) is 4.90. The van der Waals surface area contributed by atoms with Gasteiger partial charge in [-0.05, 0) is 18.2 Å². The first-order chi connectivity index (χ1) is 7.83. The normalized spacial score (nSPS) is 11.0. The Bertz CT molecular complexity index is 612. The molecule has 2 aromatic heterocycles. The van der Waals surface area contributed by atoms with Crippen LogP contribution in [0.3, 0.4) is 0 Å². The summed E-state index contributed by atoms with van der Waals surface area (Å²) in [5.41, 5.74) is 11.4. The minimum Gasteiger partial charge on any atom is -0.399 e. The maximum absolute atomic E-state index is 5.71. The monoisotopic (exact) mass is 230 g/mol. The summed E-state index contributed by atoms with van der Waals surface area (Å²) in [7, 11) is 0. The number of anilines is 1. The molecule has 3 rings (SSSR count). The molecule has 0 saturated carbocycles. The summed E-state index contributed by atoms with van der Waals surface area (Å²) in [6.45, 7) is 0.754. The molecule has 0 amide bonds. The van der Waals surface area contributed by atoms with Crippen LogP contribution in [0.25, 0.3) is 11.0 Å². The standard InChI is InChI=1S/C11H10N4S/c12-8-1-2-11-10(3-8)13-6-15(11)4-9-5-16-7-14-9/h1-3,5-7H,4,12H2. The second-order valence-corrected chi connectivity index (χ2v) is 4.32. The lowest BCUT2D eigenvalue weighted by Crippen LogP contribution is -1.97. The molecule has 0 fully saturated rings. The van der Waals surface area contributed by atoms with Crippen molar-refractivity contribution in [2.75, 3.05) is 5.73 Å². The summed E-state index contributed by atoms with van der Waals surface area (Å²) in [6, 6.07) is 5.76. The number of hydrogen-bond acceptors (Lipinski definition) is 4. The SMILES string of the molecule is Nc1ccc2c(c1)ncn2Cc1cscn1. The molecule has 16 heavy (non-hydrogen) atoms. The van der Waals surface area contributed by atoms with Gasteiger partial charge in [0.25, 0.3) is 0 Å². The van der Waals surface area contributed by atoms with Crippen LogP contribution in [0.5, 0.6) is 0 Å². The number of hydrogen-bond donors (Lipinski definition) is 1. The first kappa shape index (κ1) is 9.35. The minimum absolute atomic E-state index is 0.742. The van der Waals surface area contributed by atoms with Gasteiger partial charge in [-0.2, -0.15) is 0 Å². The molecule has 0 saturated heterocycles. The topological polar surface area (TPSA) is 56.7 Å². The van der Waals surface area contributed by atoms with Crippen LogP contribution in [0.15, 0.2) is 35.4 Å². The summed E-state index contributed by atoms with van der Waals surface area (Å²) in [6.07, 6.45) is 1.82. The quantitative estimate of drug-likeness (QED) is 0.686. The van der Waals surface area contributed by atoms with Crippen molar-refractivity contribution in [1.82, 2.24) is 14.5 Å². The average Bonchev–Trinajstić information content (AvgIpc) is 2.89. The van der Waals surface area contributed by atoms with E-state index in [0.717, 1.165) is 29.0 Å². The molecule has 4 nitrogen and oxygen atoms in total. The van der Waals surface area contributed by atoms with Crippen LogP contribution < -0.4 is 5.73 Å². The van der Waals surface area contributed by atoms with E-state index in [1.807, 2.05) is 35.4 Å². The number of nitrogens with zero attached hydrogens (tertiary/aromatic N) is 3. The fraction of sp³-hybridized carbons (Fsp3) is 0.0909. The lowest BCUT2D eigenvalue weighted by atomic mass is 10.3.